The maximum atomic E-state index is 4.13. The Morgan fingerprint density at radius 3 is 2.94 bits per heavy atom. The normalized spacial score (nSPS) is 10.4. The molecular weight excluding hydrogens is 381 g/mol. The van der Waals surface area contributed by atoms with E-state index in [1.807, 2.05) is 30.2 Å². The van der Waals surface area contributed by atoms with Crippen LogP contribution in [0.5, 0.6) is 0 Å². The molecule has 0 unspecified atom stereocenters. The lowest BCUT2D eigenvalue weighted by atomic mass is 10.3. The van der Waals surface area contributed by atoms with Gasteiger partial charge in [0.15, 0.2) is 0 Å². The Balaban J connectivity index is 2.02. The summed E-state index contributed by atoms with van der Waals surface area (Å²) in [6.07, 6.45) is 3.88. The summed E-state index contributed by atoms with van der Waals surface area (Å²) in [5, 5.41) is 7.49. The van der Waals surface area contributed by atoms with Gasteiger partial charge in [0.05, 0.1) is 6.20 Å². The van der Waals surface area contributed by atoms with Crippen molar-refractivity contribution in [3.8, 4) is 0 Å². The largest absolute Gasteiger partial charge is 0.381 e. The molecule has 0 atom stereocenters. The van der Waals surface area contributed by atoms with Crippen molar-refractivity contribution in [1.29, 1.82) is 0 Å². The fourth-order valence-corrected chi connectivity index (χ4v) is 2.14. The SMILES string of the molecule is Cn1cc(CNc2ccc(Br)c(I)c2)cn1. The highest BCUT2D eigenvalue weighted by Gasteiger charge is 1.99. The van der Waals surface area contributed by atoms with Gasteiger partial charge in [0.25, 0.3) is 0 Å². The molecule has 3 nitrogen and oxygen atoms in total. The number of benzene rings is 1. The van der Waals surface area contributed by atoms with Gasteiger partial charge in [-0.3, -0.25) is 4.68 Å². The minimum absolute atomic E-state index is 0.797. The number of aromatic nitrogens is 2. The third kappa shape index (κ3) is 2.98. The van der Waals surface area contributed by atoms with E-state index >= 15 is 0 Å². The summed E-state index contributed by atoms with van der Waals surface area (Å²) < 4.78 is 4.14. The van der Waals surface area contributed by atoms with E-state index in [0.717, 1.165) is 16.7 Å². The summed E-state index contributed by atoms with van der Waals surface area (Å²) >= 11 is 5.79. The van der Waals surface area contributed by atoms with E-state index in [2.05, 4.69) is 61.1 Å². The Morgan fingerprint density at radius 2 is 2.31 bits per heavy atom. The van der Waals surface area contributed by atoms with Crippen molar-refractivity contribution in [3.05, 3.63) is 44.2 Å². The van der Waals surface area contributed by atoms with Crippen LogP contribution in [0.3, 0.4) is 0 Å². The monoisotopic (exact) mass is 391 g/mol. The van der Waals surface area contributed by atoms with Crippen LogP contribution in [0, 0.1) is 3.57 Å². The highest BCUT2D eigenvalue weighted by molar-refractivity contribution is 14.1. The number of anilines is 1. The van der Waals surface area contributed by atoms with E-state index in [9.17, 15) is 0 Å². The molecule has 0 aliphatic rings. The second-order valence-corrected chi connectivity index (χ2v) is 5.52. The number of hydrogen-bond acceptors (Lipinski definition) is 2. The molecule has 1 aromatic carbocycles. The van der Waals surface area contributed by atoms with Crippen molar-refractivity contribution in [2.75, 3.05) is 5.32 Å². The van der Waals surface area contributed by atoms with Crippen molar-refractivity contribution in [2.45, 2.75) is 6.54 Å². The first-order valence-corrected chi connectivity index (χ1v) is 6.69. The van der Waals surface area contributed by atoms with Crippen LogP contribution < -0.4 is 5.32 Å². The molecule has 2 aromatic rings. The van der Waals surface area contributed by atoms with Crippen LogP contribution in [0.4, 0.5) is 5.69 Å². The first-order chi connectivity index (χ1) is 7.65. The summed E-state index contributed by atoms with van der Waals surface area (Å²) in [7, 11) is 1.92. The van der Waals surface area contributed by atoms with Gasteiger partial charge in [-0.2, -0.15) is 5.10 Å². The van der Waals surface area contributed by atoms with Crippen molar-refractivity contribution < 1.29 is 0 Å². The molecule has 0 aliphatic heterocycles. The fraction of sp³-hybridized carbons (Fsp3) is 0.182. The highest BCUT2D eigenvalue weighted by atomic mass is 127. The molecule has 0 bridgehead atoms. The first kappa shape index (κ1) is 11.9. The van der Waals surface area contributed by atoms with Crippen LogP contribution in [0.1, 0.15) is 5.56 Å². The van der Waals surface area contributed by atoms with Crippen molar-refractivity contribution in [3.63, 3.8) is 0 Å². The van der Waals surface area contributed by atoms with Crippen LogP contribution in [-0.4, -0.2) is 9.78 Å². The molecule has 16 heavy (non-hydrogen) atoms. The Labute approximate surface area is 117 Å². The molecule has 1 N–H and O–H groups in total. The maximum absolute atomic E-state index is 4.13. The van der Waals surface area contributed by atoms with Crippen molar-refractivity contribution in [2.24, 2.45) is 7.05 Å². The number of rotatable bonds is 3. The third-order valence-electron chi connectivity index (χ3n) is 2.17. The molecule has 0 saturated heterocycles. The quantitative estimate of drug-likeness (QED) is 0.812. The van der Waals surface area contributed by atoms with E-state index in [-0.39, 0.29) is 0 Å². The zero-order chi connectivity index (χ0) is 11.5. The Hall–Kier alpha value is -0.560. The number of nitrogens with zero attached hydrogens (tertiary/aromatic N) is 2. The Bertz CT molecular complexity index is 496. The van der Waals surface area contributed by atoms with Gasteiger partial charge in [0.2, 0.25) is 0 Å². The summed E-state index contributed by atoms with van der Waals surface area (Å²) in [5.74, 6) is 0. The lowest BCUT2D eigenvalue weighted by molar-refractivity contribution is 0.767. The smallest absolute Gasteiger partial charge is 0.0539 e. The molecule has 1 aromatic heterocycles. The van der Waals surface area contributed by atoms with E-state index in [4.69, 9.17) is 0 Å². The van der Waals surface area contributed by atoms with Gasteiger partial charge >= 0.3 is 0 Å². The summed E-state index contributed by atoms with van der Waals surface area (Å²) in [4.78, 5) is 0. The topological polar surface area (TPSA) is 29.9 Å². The molecule has 0 amide bonds. The van der Waals surface area contributed by atoms with Gasteiger partial charge in [-0.15, -0.1) is 0 Å². The van der Waals surface area contributed by atoms with Crippen LogP contribution in [0.15, 0.2) is 35.1 Å². The summed E-state index contributed by atoms with van der Waals surface area (Å²) in [6, 6.07) is 6.22. The molecule has 0 fully saturated rings. The van der Waals surface area contributed by atoms with E-state index in [1.54, 1.807) is 0 Å². The van der Waals surface area contributed by atoms with Crippen LogP contribution >= 0.6 is 38.5 Å². The number of aryl methyl sites for hydroxylation is 1. The van der Waals surface area contributed by atoms with Gasteiger partial charge < -0.3 is 5.32 Å². The Kier molecular flexibility index (Phi) is 3.86. The third-order valence-corrected chi connectivity index (χ3v) is 4.50. The maximum Gasteiger partial charge on any atom is 0.0539 e. The predicted molar refractivity (Wildman–Crippen MR) is 77.4 cm³/mol. The van der Waals surface area contributed by atoms with Crippen molar-refractivity contribution in [1.82, 2.24) is 9.78 Å². The van der Waals surface area contributed by atoms with E-state index < -0.39 is 0 Å². The zero-order valence-corrected chi connectivity index (χ0v) is 12.5. The first-order valence-electron chi connectivity index (χ1n) is 4.81. The van der Waals surface area contributed by atoms with Gasteiger partial charge in [0, 0.05) is 39.1 Å². The Morgan fingerprint density at radius 1 is 1.50 bits per heavy atom. The molecule has 0 radical (unpaired) electrons. The van der Waals surface area contributed by atoms with Crippen LogP contribution in [-0.2, 0) is 13.6 Å². The number of nitrogens with one attached hydrogen (secondary N) is 1. The van der Waals surface area contributed by atoms with Gasteiger partial charge in [-0.25, -0.2) is 0 Å². The second kappa shape index (κ2) is 5.18. The van der Waals surface area contributed by atoms with E-state index in [0.29, 0.717) is 0 Å². The zero-order valence-electron chi connectivity index (χ0n) is 8.74. The predicted octanol–water partition coefficient (Wildman–Crippen LogP) is 3.40. The number of hydrogen-bond donors (Lipinski definition) is 1. The summed E-state index contributed by atoms with van der Waals surface area (Å²) in [5.41, 5.74) is 2.30. The second-order valence-electron chi connectivity index (χ2n) is 3.50. The minimum Gasteiger partial charge on any atom is -0.381 e. The molecule has 0 aliphatic carbocycles. The fourth-order valence-electron chi connectivity index (χ4n) is 1.37. The lowest BCUT2D eigenvalue weighted by Gasteiger charge is -2.06. The molecule has 0 saturated carbocycles. The lowest BCUT2D eigenvalue weighted by Crippen LogP contribution is -1.98. The molecule has 2 rings (SSSR count). The highest BCUT2D eigenvalue weighted by Crippen LogP contribution is 2.22. The van der Waals surface area contributed by atoms with E-state index in [1.165, 1.54) is 9.13 Å². The average Bonchev–Trinajstić information content (AvgIpc) is 2.66. The average molecular weight is 392 g/mol. The molecular formula is C11H11BrIN3. The molecule has 5 heteroatoms. The molecule has 84 valence electrons. The standard InChI is InChI=1S/C11H11BrIN3/c1-16-7-8(6-15-16)5-14-9-2-3-10(12)11(13)4-9/h2-4,6-7,14H,5H2,1H3. The van der Waals surface area contributed by atoms with Gasteiger partial charge in [0.1, 0.15) is 0 Å². The number of halogens is 2. The molecule has 0 spiro atoms. The van der Waals surface area contributed by atoms with Gasteiger partial charge in [-0.1, -0.05) is 0 Å². The summed E-state index contributed by atoms with van der Waals surface area (Å²) in [6.45, 7) is 0.797. The van der Waals surface area contributed by atoms with Crippen molar-refractivity contribution >= 4 is 44.2 Å². The van der Waals surface area contributed by atoms with Gasteiger partial charge in [-0.05, 0) is 56.7 Å². The van der Waals surface area contributed by atoms with Crippen LogP contribution in [0.25, 0.3) is 0 Å². The van der Waals surface area contributed by atoms with Crippen LogP contribution in [0.2, 0.25) is 0 Å². The molecule has 1 heterocycles. The minimum atomic E-state index is 0.797.